The molecule has 0 radical (unpaired) electrons. The summed E-state index contributed by atoms with van der Waals surface area (Å²) in [5.41, 5.74) is 1.26. The summed E-state index contributed by atoms with van der Waals surface area (Å²) in [4.78, 5) is 0. The first-order valence-electron chi connectivity index (χ1n) is 4.89. The van der Waals surface area contributed by atoms with Crippen LogP contribution in [0, 0.1) is 3.57 Å². The van der Waals surface area contributed by atoms with Gasteiger partial charge in [0.1, 0.15) is 0 Å². The molecule has 1 aromatic rings. The Morgan fingerprint density at radius 2 is 1.93 bits per heavy atom. The molecule has 1 aliphatic rings. The van der Waals surface area contributed by atoms with Gasteiger partial charge in [-0.3, -0.25) is 0 Å². The quantitative estimate of drug-likeness (QED) is 0.729. The monoisotopic (exact) mass is 324 g/mol. The molecule has 0 saturated carbocycles. The molecular weight excluding hydrogens is 310 g/mol. The van der Waals surface area contributed by atoms with Crippen molar-refractivity contribution in [2.24, 2.45) is 0 Å². The summed E-state index contributed by atoms with van der Waals surface area (Å²) < 4.78 is 7.33. The third-order valence-corrected chi connectivity index (χ3v) is 7.39. The maximum atomic E-state index is 6.32. The van der Waals surface area contributed by atoms with E-state index in [9.17, 15) is 0 Å². The molecule has 3 heteroatoms. The van der Waals surface area contributed by atoms with Crippen LogP contribution in [0.1, 0.15) is 32.3 Å². The van der Waals surface area contributed by atoms with E-state index in [2.05, 4.69) is 38.1 Å². The van der Waals surface area contributed by atoms with E-state index >= 15 is 0 Å². The van der Waals surface area contributed by atoms with E-state index in [1.54, 1.807) is 0 Å². The van der Waals surface area contributed by atoms with Crippen LogP contribution in [0.15, 0.2) is 24.3 Å². The van der Waals surface area contributed by atoms with Crippen molar-refractivity contribution in [3.05, 3.63) is 33.4 Å². The van der Waals surface area contributed by atoms with Crippen molar-refractivity contribution in [2.75, 3.05) is 0 Å². The molecule has 1 heterocycles. The van der Waals surface area contributed by atoms with E-state index in [1.165, 1.54) is 9.13 Å². The SMILES string of the molecule is CCC1(CC)OI(Cl)c2ccccc21. The summed E-state index contributed by atoms with van der Waals surface area (Å²) in [6.45, 7) is 4.35. The zero-order valence-electron chi connectivity index (χ0n) is 8.39. The molecule has 0 bridgehead atoms. The second kappa shape index (κ2) is 3.99. The minimum absolute atomic E-state index is 0.0802. The fourth-order valence-corrected chi connectivity index (χ4v) is 6.95. The molecule has 0 amide bonds. The van der Waals surface area contributed by atoms with Crippen molar-refractivity contribution in [3.8, 4) is 0 Å². The molecule has 1 aromatic carbocycles. The van der Waals surface area contributed by atoms with Gasteiger partial charge in [-0.1, -0.05) is 0 Å². The van der Waals surface area contributed by atoms with Gasteiger partial charge in [0.2, 0.25) is 0 Å². The zero-order valence-corrected chi connectivity index (χ0v) is 11.3. The Labute approximate surface area is 96.4 Å². The Bertz CT molecular complexity index is 336. The maximum absolute atomic E-state index is 6.32. The Morgan fingerprint density at radius 3 is 2.57 bits per heavy atom. The molecule has 0 spiro atoms. The van der Waals surface area contributed by atoms with Crippen LogP contribution >= 0.6 is 28.0 Å². The van der Waals surface area contributed by atoms with Crippen molar-refractivity contribution < 1.29 is 3.07 Å². The number of benzene rings is 1. The van der Waals surface area contributed by atoms with E-state index in [1.807, 2.05) is 0 Å². The fraction of sp³-hybridized carbons (Fsp3) is 0.455. The van der Waals surface area contributed by atoms with E-state index in [4.69, 9.17) is 12.0 Å². The van der Waals surface area contributed by atoms with Crippen molar-refractivity contribution in [3.63, 3.8) is 0 Å². The topological polar surface area (TPSA) is 9.23 Å². The number of hydrogen-bond acceptors (Lipinski definition) is 1. The first kappa shape index (κ1) is 10.7. The molecule has 78 valence electrons. The van der Waals surface area contributed by atoms with Gasteiger partial charge in [0.05, 0.1) is 0 Å². The van der Waals surface area contributed by atoms with E-state index in [0.717, 1.165) is 12.8 Å². The standard InChI is InChI=1S/C11H14ClIO/c1-3-11(4-2)9-7-5-6-8-10(9)13(12)14-11/h5-8H,3-4H2,1-2H3. The summed E-state index contributed by atoms with van der Waals surface area (Å²) in [6.07, 6.45) is 2.03. The van der Waals surface area contributed by atoms with Gasteiger partial charge in [0.25, 0.3) is 0 Å². The fourth-order valence-electron chi connectivity index (χ4n) is 1.91. The van der Waals surface area contributed by atoms with Crippen LogP contribution < -0.4 is 0 Å². The summed E-state index contributed by atoms with van der Waals surface area (Å²) >= 11 is -1.81. The average molecular weight is 325 g/mol. The van der Waals surface area contributed by atoms with Gasteiger partial charge in [-0.2, -0.15) is 0 Å². The van der Waals surface area contributed by atoms with E-state index in [0.29, 0.717) is 0 Å². The van der Waals surface area contributed by atoms with Gasteiger partial charge >= 0.3 is 96.8 Å². The molecule has 0 fully saturated rings. The van der Waals surface area contributed by atoms with Crippen LogP contribution in [0.4, 0.5) is 0 Å². The van der Waals surface area contributed by atoms with Crippen LogP contribution in [0.3, 0.4) is 0 Å². The van der Waals surface area contributed by atoms with Crippen LogP contribution in [-0.4, -0.2) is 0 Å². The molecule has 0 N–H and O–H groups in total. The molecule has 1 nitrogen and oxygen atoms in total. The summed E-state index contributed by atoms with van der Waals surface area (Å²) in [6, 6.07) is 8.42. The molecule has 0 aromatic heterocycles. The van der Waals surface area contributed by atoms with Crippen molar-refractivity contribution >= 4 is 28.0 Å². The average Bonchev–Trinajstić information content (AvgIpc) is 2.53. The van der Waals surface area contributed by atoms with Gasteiger partial charge in [-0.05, 0) is 0 Å². The molecule has 0 aliphatic carbocycles. The van der Waals surface area contributed by atoms with Gasteiger partial charge in [-0.15, -0.1) is 0 Å². The van der Waals surface area contributed by atoms with Crippen molar-refractivity contribution in [1.82, 2.24) is 0 Å². The van der Waals surface area contributed by atoms with Crippen molar-refractivity contribution in [1.29, 1.82) is 0 Å². The molecule has 0 unspecified atom stereocenters. The van der Waals surface area contributed by atoms with Crippen LogP contribution in [-0.2, 0) is 8.67 Å². The third kappa shape index (κ3) is 1.48. The van der Waals surface area contributed by atoms with Gasteiger partial charge < -0.3 is 0 Å². The van der Waals surface area contributed by atoms with Gasteiger partial charge in [0.15, 0.2) is 0 Å². The number of fused-ring (bicyclic) bond motifs is 1. The van der Waals surface area contributed by atoms with Crippen LogP contribution in [0.2, 0.25) is 0 Å². The van der Waals surface area contributed by atoms with E-state index in [-0.39, 0.29) is 5.60 Å². The Kier molecular flexibility index (Phi) is 3.05. The zero-order chi connectivity index (χ0) is 10.2. The third-order valence-electron chi connectivity index (χ3n) is 2.88. The van der Waals surface area contributed by atoms with Gasteiger partial charge in [-0.25, -0.2) is 0 Å². The predicted octanol–water partition coefficient (Wildman–Crippen LogP) is 4.48. The number of rotatable bonds is 2. The summed E-state index contributed by atoms with van der Waals surface area (Å²) in [7, 11) is 6.32. The second-order valence-electron chi connectivity index (χ2n) is 3.47. The summed E-state index contributed by atoms with van der Waals surface area (Å²) in [5, 5.41) is 0. The molecule has 0 saturated heterocycles. The number of halogens is 2. The molecule has 0 atom stereocenters. The van der Waals surface area contributed by atoms with Crippen LogP contribution in [0.25, 0.3) is 0 Å². The molecule has 14 heavy (non-hydrogen) atoms. The first-order valence-corrected chi connectivity index (χ1v) is 9.58. The van der Waals surface area contributed by atoms with Crippen LogP contribution in [0.5, 0.6) is 0 Å². The molecular formula is C11H14ClIO. The Hall–Kier alpha value is 0.200. The minimum atomic E-state index is -1.81. The first-order chi connectivity index (χ1) is 6.73. The Morgan fingerprint density at radius 1 is 1.29 bits per heavy atom. The number of hydrogen-bond donors (Lipinski definition) is 0. The normalized spacial score (nSPS) is 20.9. The van der Waals surface area contributed by atoms with Gasteiger partial charge in [0, 0.05) is 0 Å². The summed E-state index contributed by atoms with van der Waals surface area (Å²) in [5.74, 6) is 0. The molecule has 2 rings (SSSR count). The predicted molar refractivity (Wildman–Crippen MR) is 68.4 cm³/mol. The van der Waals surface area contributed by atoms with Crippen molar-refractivity contribution in [2.45, 2.75) is 32.3 Å². The molecule has 1 aliphatic heterocycles. The second-order valence-corrected chi connectivity index (χ2v) is 7.99. The van der Waals surface area contributed by atoms with E-state index < -0.39 is 19.1 Å². The Balaban J connectivity index is 2.52.